The number of hydrogen-bond acceptors (Lipinski definition) is 5. The first kappa shape index (κ1) is 22.5. The minimum Gasteiger partial charge on any atom is -0.456 e. The summed E-state index contributed by atoms with van der Waals surface area (Å²) >= 11 is 2.09. The number of amides is 2. The number of nitrogens with one attached hydrogen (secondary N) is 1. The number of nitro groups is 1. The smallest absolute Gasteiger partial charge is 0.416 e. The maximum Gasteiger partial charge on any atom is 0.416 e. The van der Waals surface area contributed by atoms with Gasteiger partial charge in [-0.15, -0.1) is 0 Å². The summed E-state index contributed by atoms with van der Waals surface area (Å²) in [5.74, 6) is -1.40. The second-order valence-corrected chi connectivity index (χ2v) is 8.05. The molecule has 1 fully saturated rings. The van der Waals surface area contributed by atoms with E-state index in [2.05, 4.69) is 28.0 Å². The van der Waals surface area contributed by atoms with Crippen LogP contribution >= 0.6 is 22.6 Å². The van der Waals surface area contributed by atoms with Gasteiger partial charge in [-0.05, 0) is 77.2 Å². The Bertz CT molecular complexity index is 1320. The van der Waals surface area contributed by atoms with Crippen LogP contribution in [0.15, 0.2) is 64.6 Å². The van der Waals surface area contributed by atoms with Gasteiger partial charge in [-0.2, -0.15) is 13.2 Å². The van der Waals surface area contributed by atoms with E-state index in [1.807, 2.05) is 0 Å². The Balaban J connectivity index is 1.65. The molecule has 1 saturated heterocycles. The molecule has 0 saturated carbocycles. The fourth-order valence-corrected chi connectivity index (χ4v) is 3.47. The van der Waals surface area contributed by atoms with Crippen molar-refractivity contribution in [2.75, 3.05) is 5.01 Å². The van der Waals surface area contributed by atoms with E-state index in [1.54, 1.807) is 24.3 Å². The normalized spacial score (nSPS) is 15.3. The van der Waals surface area contributed by atoms with Gasteiger partial charge in [-0.25, -0.2) is 5.01 Å². The van der Waals surface area contributed by atoms with Crippen molar-refractivity contribution in [1.82, 2.24) is 5.43 Å². The van der Waals surface area contributed by atoms with Crippen molar-refractivity contribution in [3.05, 3.63) is 85.2 Å². The molecule has 33 heavy (non-hydrogen) atoms. The number of nitro benzene ring substituents is 1. The van der Waals surface area contributed by atoms with Crippen molar-refractivity contribution < 1.29 is 32.1 Å². The molecule has 0 atom stereocenters. The number of furan rings is 1. The highest BCUT2D eigenvalue weighted by Crippen LogP contribution is 2.37. The fraction of sp³-hybridized carbons (Fsp3) is 0.0476. The lowest BCUT2D eigenvalue weighted by atomic mass is 10.1. The Kier molecular flexibility index (Phi) is 5.69. The van der Waals surface area contributed by atoms with Gasteiger partial charge in [-0.1, -0.05) is 0 Å². The minimum atomic E-state index is -4.75. The lowest BCUT2D eigenvalue weighted by Crippen LogP contribution is -2.35. The van der Waals surface area contributed by atoms with E-state index < -0.39 is 34.2 Å². The molecule has 1 N–H and O–H groups in total. The first-order valence-electron chi connectivity index (χ1n) is 9.13. The molecule has 1 aromatic heterocycles. The molecule has 8 nitrogen and oxygen atoms in total. The minimum absolute atomic E-state index is 0.0159. The lowest BCUT2D eigenvalue weighted by molar-refractivity contribution is -0.384. The highest BCUT2D eigenvalue weighted by Gasteiger charge is 2.35. The van der Waals surface area contributed by atoms with Gasteiger partial charge in [0.15, 0.2) is 0 Å². The van der Waals surface area contributed by atoms with Gasteiger partial charge >= 0.3 is 6.18 Å². The summed E-state index contributed by atoms with van der Waals surface area (Å²) in [6.07, 6.45) is -3.59. The van der Waals surface area contributed by atoms with Crippen molar-refractivity contribution in [2.45, 2.75) is 6.18 Å². The third-order valence-electron chi connectivity index (χ3n) is 4.68. The van der Waals surface area contributed by atoms with Gasteiger partial charge < -0.3 is 4.42 Å². The quantitative estimate of drug-likeness (QED) is 0.158. The number of hydrazine groups is 1. The number of halogens is 4. The summed E-state index contributed by atoms with van der Waals surface area (Å²) in [7, 11) is 0. The zero-order chi connectivity index (χ0) is 23.9. The number of hydrogen-bond donors (Lipinski definition) is 1. The Labute approximate surface area is 196 Å². The number of carbonyl (C=O) groups is 2. The van der Waals surface area contributed by atoms with Gasteiger partial charge in [0.2, 0.25) is 0 Å². The molecule has 0 aliphatic carbocycles. The van der Waals surface area contributed by atoms with Crippen molar-refractivity contribution >= 4 is 51.9 Å². The third kappa shape index (κ3) is 4.46. The molecule has 0 bridgehead atoms. The van der Waals surface area contributed by atoms with Crippen LogP contribution < -0.4 is 10.4 Å². The van der Waals surface area contributed by atoms with E-state index >= 15 is 0 Å². The van der Waals surface area contributed by atoms with E-state index in [9.17, 15) is 32.9 Å². The van der Waals surface area contributed by atoms with Crippen molar-refractivity contribution in [2.24, 2.45) is 0 Å². The second-order valence-electron chi connectivity index (χ2n) is 6.80. The van der Waals surface area contributed by atoms with Crippen LogP contribution in [-0.4, -0.2) is 16.7 Å². The molecule has 0 radical (unpaired) electrons. The number of anilines is 1. The highest BCUT2D eigenvalue weighted by molar-refractivity contribution is 14.1. The average molecular weight is 569 g/mol. The Morgan fingerprint density at radius 1 is 1.06 bits per heavy atom. The topological polar surface area (TPSA) is 106 Å². The molecular weight excluding hydrogens is 558 g/mol. The molecule has 168 valence electrons. The maximum absolute atomic E-state index is 12.9. The van der Waals surface area contributed by atoms with Crippen LogP contribution in [0, 0.1) is 13.7 Å². The number of alkyl halides is 3. The highest BCUT2D eigenvalue weighted by atomic mass is 127. The molecule has 1 aliphatic heterocycles. The lowest BCUT2D eigenvalue weighted by Gasteiger charge is -2.14. The summed E-state index contributed by atoms with van der Waals surface area (Å²) in [5.41, 5.74) is 0.488. The van der Waals surface area contributed by atoms with Gasteiger partial charge in [-0.3, -0.25) is 25.1 Å². The van der Waals surface area contributed by atoms with E-state index in [-0.39, 0.29) is 22.7 Å². The van der Waals surface area contributed by atoms with Crippen LogP contribution in [0.2, 0.25) is 0 Å². The average Bonchev–Trinajstić information content (AvgIpc) is 3.33. The third-order valence-corrected chi connectivity index (χ3v) is 5.40. The van der Waals surface area contributed by atoms with E-state index in [0.29, 0.717) is 17.8 Å². The maximum atomic E-state index is 12.9. The van der Waals surface area contributed by atoms with E-state index in [4.69, 9.17) is 4.42 Å². The van der Waals surface area contributed by atoms with E-state index in [0.717, 1.165) is 20.7 Å². The van der Waals surface area contributed by atoms with Crippen molar-refractivity contribution in [3.8, 4) is 11.3 Å². The zero-order valence-electron chi connectivity index (χ0n) is 16.2. The molecule has 4 rings (SSSR count). The Morgan fingerprint density at radius 3 is 2.39 bits per heavy atom. The van der Waals surface area contributed by atoms with Crippen LogP contribution in [0.1, 0.15) is 11.3 Å². The van der Waals surface area contributed by atoms with Crippen LogP contribution in [0.4, 0.5) is 24.5 Å². The van der Waals surface area contributed by atoms with Crippen LogP contribution in [-0.2, 0) is 15.8 Å². The molecule has 1 aliphatic rings. The monoisotopic (exact) mass is 569 g/mol. The van der Waals surface area contributed by atoms with Crippen LogP contribution in [0.3, 0.4) is 0 Å². The van der Waals surface area contributed by atoms with Gasteiger partial charge in [0, 0.05) is 9.64 Å². The molecule has 3 aromatic rings. The summed E-state index contributed by atoms with van der Waals surface area (Å²) in [5, 5.41) is 12.4. The van der Waals surface area contributed by atoms with Gasteiger partial charge in [0.05, 0.1) is 21.7 Å². The molecule has 2 amide bonds. The number of rotatable bonds is 4. The summed E-state index contributed by atoms with van der Waals surface area (Å²) in [4.78, 5) is 35.4. The van der Waals surface area contributed by atoms with Crippen molar-refractivity contribution in [3.63, 3.8) is 0 Å². The second kappa shape index (κ2) is 8.35. The van der Waals surface area contributed by atoms with Gasteiger partial charge in [0.1, 0.15) is 17.1 Å². The summed E-state index contributed by atoms with van der Waals surface area (Å²) < 4.78 is 45.2. The number of benzene rings is 2. The zero-order valence-corrected chi connectivity index (χ0v) is 18.4. The molecule has 2 heterocycles. The van der Waals surface area contributed by atoms with Crippen LogP contribution in [0.5, 0.6) is 0 Å². The predicted octanol–water partition coefficient (Wildman–Crippen LogP) is 4.94. The molecule has 12 heteroatoms. The SMILES string of the molecule is O=C1NN(c2ccc(I)cc2)C(=O)/C1=C/c1ccc(-c2ccc(C(F)(F)F)cc2[N+](=O)[O-])o1. The van der Waals surface area contributed by atoms with E-state index in [1.165, 1.54) is 12.1 Å². The van der Waals surface area contributed by atoms with Crippen LogP contribution in [0.25, 0.3) is 17.4 Å². The fourth-order valence-electron chi connectivity index (χ4n) is 3.11. The predicted molar refractivity (Wildman–Crippen MR) is 119 cm³/mol. The molecular formula is C21H11F3IN3O5. The van der Waals surface area contributed by atoms with Gasteiger partial charge in [0.25, 0.3) is 17.5 Å². The Hall–Kier alpha value is -3.68. The largest absolute Gasteiger partial charge is 0.456 e. The molecule has 0 unspecified atom stereocenters. The number of nitrogens with zero attached hydrogens (tertiary/aromatic N) is 2. The standard InChI is InChI=1S/C21H11F3IN3O5/c22-21(23,24)11-1-7-15(17(9-11)28(31)32)18-8-6-14(33-18)10-16-19(29)26-27(20(16)30)13-4-2-12(25)3-5-13/h1-10H,(H,26,29)/b16-10+. The Morgan fingerprint density at radius 2 is 1.76 bits per heavy atom. The first-order chi connectivity index (χ1) is 15.5. The summed E-state index contributed by atoms with van der Waals surface area (Å²) in [6.45, 7) is 0. The first-order valence-corrected chi connectivity index (χ1v) is 10.2. The summed E-state index contributed by atoms with van der Waals surface area (Å²) in [6, 6.07) is 11.5. The molecule has 2 aromatic carbocycles. The molecule has 0 spiro atoms. The van der Waals surface area contributed by atoms with Crippen molar-refractivity contribution in [1.29, 1.82) is 0 Å². The number of carbonyl (C=O) groups excluding carboxylic acids is 2.